The first-order valence-corrected chi connectivity index (χ1v) is 16.4. The highest BCUT2D eigenvalue weighted by Crippen LogP contribution is 2.46. The predicted octanol–water partition coefficient (Wildman–Crippen LogP) is 0.605. The third-order valence-corrected chi connectivity index (χ3v) is 9.43. The van der Waals surface area contributed by atoms with Crippen LogP contribution in [0.15, 0.2) is 36.4 Å². The lowest BCUT2D eigenvalue weighted by atomic mass is 9.81. The molecule has 2 amide bonds. The second-order valence-corrected chi connectivity index (χ2v) is 12.6. The lowest BCUT2D eigenvalue weighted by Crippen LogP contribution is -2.52. The van der Waals surface area contributed by atoms with Gasteiger partial charge >= 0.3 is 12.1 Å². The molecule has 3 fully saturated rings. The number of carbonyl (C=O) groups excluding carboxylic acids is 3. The Morgan fingerprint density at radius 3 is 2.33 bits per heavy atom. The van der Waals surface area contributed by atoms with Crippen molar-refractivity contribution >= 4 is 23.7 Å². The molecule has 1 spiro atoms. The van der Waals surface area contributed by atoms with E-state index in [9.17, 15) is 34.8 Å². The fraction of sp³-hybridized carbons (Fsp3) is 0.559. The molecule has 2 saturated heterocycles. The van der Waals surface area contributed by atoms with E-state index in [1.807, 2.05) is 13.0 Å². The summed E-state index contributed by atoms with van der Waals surface area (Å²) in [5, 5.41) is 54.3. The lowest BCUT2D eigenvalue weighted by Gasteiger charge is -2.38. The van der Waals surface area contributed by atoms with E-state index in [1.165, 1.54) is 19.2 Å². The summed E-state index contributed by atoms with van der Waals surface area (Å²) in [6.45, 7) is 2.32. The third-order valence-electron chi connectivity index (χ3n) is 9.43. The van der Waals surface area contributed by atoms with Gasteiger partial charge in [0.1, 0.15) is 29.7 Å². The molecule has 1 aliphatic carbocycles. The summed E-state index contributed by atoms with van der Waals surface area (Å²) in [6.07, 6.45) is -3.88. The van der Waals surface area contributed by atoms with Crippen molar-refractivity contribution in [1.82, 2.24) is 10.6 Å². The van der Waals surface area contributed by atoms with Crippen molar-refractivity contribution in [3.8, 4) is 5.75 Å². The number of hydrogen-bond acceptors (Lipinski definition) is 12. The molecule has 0 radical (unpaired) electrons. The number of ether oxygens (including phenoxy) is 3. The molecular formula is C34H45N3O11. The number of aliphatic hydroxyl groups excluding tert-OH is 5. The smallest absolute Gasteiger partial charge is 0.415 e. The number of nitrogens with zero attached hydrogens (tertiary/aromatic N) is 1. The normalized spacial score (nSPS) is 21.3. The lowest BCUT2D eigenvalue weighted by molar-refractivity contribution is -0.113. The van der Waals surface area contributed by atoms with Crippen molar-refractivity contribution in [2.45, 2.75) is 81.0 Å². The number of nitrogens with one attached hydrogen (secondary N) is 2. The summed E-state index contributed by atoms with van der Waals surface area (Å²) >= 11 is 0. The Morgan fingerprint density at radius 1 is 1.06 bits per heavy atom. The zero-order valence-electron chi connectivity index (χ0n) is 27.1. The summed E-state index contributed by atoms with van der Waals surface area (Å²) in [7, 11) is 1.36. The van der Waals surface area contributed by atoms with Crippen LogP contribution in [0.3, 0.4) is 0 Å². The standard InChI is InChI=1S/C34H45N3O11/c1-3-47-27-16-24(32(44)46-2)23(19-4-5-19)14-21(27)15-28-34(10-12-35-13-11-34)48-33(45)37(28)22-8-6-20(7-9-22)31(43)36-17-25(39)29(41)30(42)26(40)18-38/h6-9,14,16,19,25-26,28-30,35,38-42H,3-5,10-13,15,17-18H2,1-2H3,(H,36,43)/t25-,26+,28?,29+,30+/m0/s1. The molecule has 48 heavy (non-hydrogen) atoms. The Bertz CT molecular complexity index is 1460. The second kappa shape index (κ2) is 15.2. The van der Waals surface area contributed by atoms with Crippen LogP contribution >= 0.6 is 0 Å². The maximum atomic E-state index is 13.6. The Kier molecular flexibility index (Phi) is 11.2. The number of methoxy groups -OCH3 is 1. The number of esters is 1. The van der Waals surface area contributed by atoms with Gasteiger partial charge in [-0.15, -0.1) is 0 Å². The van der Waals surface area contributed by atoms with Gasteiger partial charge < -0.3 is 50.4 Å². The van der Waals surface area contributed by atoms with Crippen LogP contribution in [-0.2, 0) is 15.9 Å². The topological polar surface area (TPSA) is 207 Å². The van der Waals surface area contributed by atoms with Crippen LogP contribution in [0.4, 0.5) is 10.5 Å². The first-order chi connectivity index (χ1) is 23.0. The van der Waals surface area contributed by atoms with Crippen LogP contribution in [0.25, 0.3) is 0 Å². The van der Waals surface area contributed by atoms with Gasteiger partial charge in [-0.05, 0) is 80.2 Å². The first-order valence-electron chi connectivity index (χ1n) is 16.4. The van der Waals surface area contributed by atoms with Crippen molar-refractivity contribution in [2.24, 2.45) is 0 Å². The summed E-state index contributed by atoms with van der Waals surface area (Å²) in [5.41, 5.74) is 2.18. The van der Waals surface area contributed by atoms with Gasteiger partial charge in [0.2, 0.25) is 0 Å². The Labute approximate surface area is 278 Å². The zero-order valence-corrected chi connectivity index (χ0v) is 27.1. The average molecular weight is 672 g/mol. The number of carbonyl (C=O) groups is 3. The van der Waals surface area contributed by atoms with Crippen LogP contribution in [0.5, 0.6) is 5.75 Å². The Morgan fingerprint density at radius 2 is 1.73 bits per heavy atom. The number of amides is 2. The van der Waals surface area contributed by atoms with Gasteiger partial charge in [0.25, 0.3) is 5.91 Å². The zero-order chi connectivity index (χ0) is 34.6. The molecule has 1 saturated carbocycles. The van der Waals surface area contributed by atoms with Crippen molar-refractivity contribution in [3.63, 3.8) is 0 Å². The molecule has 2 aromatic carbocycles. The quantitative estimate of drug-likeness (QED) is 0.138. The van der Waals surface area contributed by atoms with E-state index < -0.39 is 67.2 Å². The first kappa shape index (κ1) is 35.5. The van der Waals surface area contributed by atoms with Gasteiger partial charge in [0, 0.05) is 37.1 Å². The second-order valence-electron chi connectivity index (χ2n) is 12.6. The van der Waals surface area contributed by atoms with Crippen LogP contribution < -0.4 is 20.3 Å². The van der Waals surface area contributed by atoms with E-state index >= 15 is 0 Å². The van der Waals surface area contributed by atoms with E-state index in [0.717, 1.165) is 24.0 Å². The molecule has 3 aliphatic rings. The summed E-state index contributed by atoms with van der Waals surface area (Å²) in [6, 6.07) is 9.64. The minimum Gasteiger partial charge on any atom is -0.494 e. The van der Waals surface area contributed by atoms with E-state index in [-0.39, 0.29) is 11.5 Å². The molecule has 0 bridgehead atoms. The fourth-order valence-electron chi connectivity index (χ4n) is 6.58. The highest BCUT2D eigenvalue weighted by Gasteiger charge is 2.55. The number of rotatable bonds is 14. The summed E-state index contributed by atoms with van der Waals surface area (Å²) < 4.78 is 17.3. The van der Waals surface area contributed by atoms with Gasteiger partial charge in [-0.25, -0.2) is 9.59 Å². The molecule has 2 aliphatic heterocycles. The molecular weight excluding hydrogens is 626 g/mol. The van der Waals surface area contributed by atoms with Gasteiger partial charge in [0.05, 0.1) is 38.0 Å². The van der Waals surface area contributed by atoms with Crippen LogP contribution in [0.2, 0.25) is 0 Å². The SMILES string of the molecule is CCOc1cc(C(=O)OC)c(C2CC2)cc1CC1N(c2ccc(C(=O)NC[C@H](O)[C@@H](O)[C@H](O)[C@H](O)CO)cc2)C(=O)OC12CCNCC2. The van der Waals surface area contributed by atoms with Gasteiger partial charge in [-0.1, -0.05) is 6.07 Å². The average Bonchev–Trinajstić information content (AvgIpc) is 3.92. The maximum Gasteiger partial charge on any atom is 0.415 e. The van der Waals surface area contributed by atoms with Crippen molar-refractivity contribution in [2.75, 3.05) is 44.9 Å². The van der Waals surface area contributed by atoms with Crippen LogP contribution in [0, 0.1) is 0 Å². The van der Waals surface area contributed by atoms with Crippen LogP contribution in [0.1, 0.15) is 70.4 Å². The minimum absolute atomic E-state index is 0.211. The summed E-state index contributed by atoms with van der Waals surface area (Å²) in [4.78, 5) is 40.8. The molecule has 14 heteroatoms. The molecule has 14 nitrogen and oxygen atoms in total. The largest absolute Gasteiger partial charge is 0.494 e. The minimum atomic E-state index is -1.81. The Hall–Kier alpha value is -3.79. The van der Waals surface area contributed by atoms with E-state index in [1.54, 1.807) is 23.1 Å². The molecule has 1 unspecified atom stereocenters. The van der Waals surface area contributed by atoms with Crippen molar-refractivity contribution < 1.29 is 54.1 Å². The fourth-order valence-corrected chi connectivity index (χ4v) is 6.58. The van der Waals surface area contributed by atoms with Crippen molar-refractivity contribution in [3.05, 3.63) is 58.7 Å². The van der Waals surface area contributed by atoms with Gasteiger partial charge in [-0.2, -0.15) is 0 Å². The molecule has 2 aromatic rings. The molecule has 0 aromatic heterocycles. The number of aliphatic hydroxyl groups is 5. The van der Waals surface area contributed by atoms with E-state index in [0.29, 0.717) is 56.0 Å². The number of piperidine rings is 1. The van der Waals surface area contributed by atoms with Gasteiger partial charge in [-0.3, -0.25) is 9.69 Å². The highest BCUT2D eigenvalue weighted by atomic mass is 16.6. The predicted molar refractivity (Wildman–Crippen MR) is 172 cm³/mol. The summed E-state index contributed by atoms with van der Waals surface area (Å²) in [5.74, 6) is -0.212. The van der Waals surface area contributed by atoms with E-state index in [2.05, 4.69) is 10.6 Å². The Balaban J connectivity index is 1.39. The van der Waals surface area contributed by atoms with Crippen LogP contribution in [-0.4, -0.2) is 120 Å². The number of hydrogen-bond donors (Lipinski definition) is 7. The highest BCUT2D eigenvalue weighted by molar-refractivity contribution is 5.96. The number of benzene rings is 2. The van der Waals surface area contributed by atoms with Crippen molar-refractivity contribution in [1.29, 1.82) is 0 Å². The van der Waals surface area contributed by atoms with Gasteiger partial charge in [0.15, 0.2) is 0 Å². The maximum absolute atomic E-state index is 13.6. The third kappa shape index (κ3) is 7.43. The molecule has 2 heterocycles. The molecule has 7 N–H and O–H groups in total. The van der Waals surface area contributed by atoms with E-state index in [4.69, 9.17) is 19.3 Å². The monoisotopic (exact) mass is 671 g/mol. The molecule has 262 valence electrons. The number of anilines is 1. The molecule has 5 rings (SSSR count). The molecule has 5 atom stereocenters.